The molecule has 0 amide bonds. The van der Waals surface area contributed by atoms with Gasteiger partial charge in [-0.2, -0.15) is 0 Å². The number of nitrogens with zero attached hydrogens (tertiary/aromatic N) is 2. The van der Waals surface area contributed by atoms with Gasteiger partial charge in [-0.3, -0.25) is 4.79 Å². The molecule has 4 nitrogen and oxygen atoms in total. The first-order valence-corrected chi connectivity index (χ1v) is 9.35. The molecule has 0 N–H and O–H groups in total. The lowest BCUT2D eigenvalue weighted by Gasteiger charge is -2.09. The van der Waals surface area contributed by atoms with Crippen LogP contribution >= 0.6 is 23.1 Å². The maximum Gasteiger partial charge on any atom is 0.316 e. The van der Waals surface area contributed by atoms with Crippen molar-refractivity contribution in [1.82, 2.24) is 9.97 Å². The number of thioether (sulfide) groups is 1. The van der Waals surface area contributed by atoms with Gasteiger partial charge in [-0.05, 0) is 46.1 Å². The van der Waals surface area contributed by atoms with Gasteiger partial charge < -0.3 is 4.74 Å². The molecule has 22 heavy (non-hydrogen) atoms. The lowest BCUT2D eigenvalue weighted by molar-refractivity contribution is -0.144. The third kappa shape index (κ3) is 3.27. The zero-order valence-electron chi connectivity index (χ0n) is 13.3. The van der Waals surface area contributed by atoms with E-state index in [0.29, 0.717) is 11.7 Å². The van der Waals surface area contributed by atoms with Gasteiger partial charge in [-0.1, -0.05) is 11.8 Å². The van der Waals surface area contributed by atoms with Crippen LogP contribution in [0.5, 0.6) is 0 Å². The summed E-state index contributed by atoms with van der Waals surface area (Å²) in [5.74, 6) is 1.55. The highest BCUT2D eigenvalue weighted by Gasteiger charge is 2.28. The Morgan fingerprint density at radius 2 is 2.09 bits per heavy atom. The quantitative estimate of drug-likeness (QED) is 0.464. The second-order valence-corrected chi connectivity index (χ2v) is 8.12. The lowest BCUT2D eigenvalue weighted by atomic mass is 10.2. The summed E-state index contributed by atoms with van der Waals surface area (Å²) in [6.07, 6.45) is 2.27. The topological polar surface area (TPSA) is 52.1 Å². The molecule has 0 atom stereocenters. The molecule has 1 fully saturated rings. The number of fused-ring (bicyclic) bond motifs is 1. The summed E-state index contributed by atoms with van der Waals surface area (Å²) in [5.41, 5.74) is 1.22. The summed E-state index contributed by atoms with van der Waals surface area (Å²) in [5, 5.41) is 2.03. The van der Waals surface area contributed by atoms with Gasteiger partial charge in [-0.15, -0.1) is 11.3 Å². The maximum absolute atomic E-state index is 11.8. The summed E-state index contributed by atoms with van der Waals surface area (Å²) in [6.45, 7) is 7.94. The van der Waals surface area contributed by atoms with Crippen LogP contribution in [-0.2, 0) is 9.53 Å². The smallest absolute Gasteiger partial charge is 0.316 e. The highest BCUT2D eigenvalue weighted by atomic mass is 32.2. The molecule has 0 spiro atoms. The van der Waals surface area contributed by atoms with Crippen LogP contribution in [0, 0.1) is 13.8 Å². The highest BCUT2D eigenvalue weighted by molar-refractivity contribution is 8.00. The predicted octanol–water partition coefficient (Wildman–Crippen LogP) is 4.23. The third-order valence-corrected chi connectivity index (χ3v) is 5.70. The van der Waals surface area contributed by atoms with E-state index in [-0.39, 0.29) is 12.1 Å². The largest absolute Gasteiger partial charge is 0.462 e. The number of aromatic nitrogens is 2. The molecule has 0 saturated heterocycles. The van der Waals surface area contributed by atoms with Crippen LogP contribution in [0.15, 0.2) is 5.03 Å². The number of esters is 1. The van der Waals surface area contributed by atoms with Gasteiger partial charge in [0.2, 0.25) is 0 Å². The van der Waals surface area contributed by atoms with E-state index in [0.717, 1.165) is 21.1 Å². The Kier molecular flexibility index (Phi) is 4.41. The number of ether oxygens (including phenoxy) is 1. The molecule has 1 aliphatic rings. The number of hydrogen-bond donors (Lipinski definition) is 0. The number of rotatable bonds is 5. The second kappa shape index (κ2) is 6.16. The number of hydrogen-bond acceptors (Lipinski definition) is 6. The molecular formula is C16H20N2O2S2. The molecule has 2 aromatic rings. The fourth-order valence-electron chi connectivity index (χ4n) is 2.28. The van der Waals surface area contributed by atoms with E-state index >= 15 is 0 Å². The van der Waals surface area contributed by atoms with Gasteiger partial charge >= 0.3 is 5.97 Å². The van der Waals surface area contributed by atoms with Crippen LogP contribution in [-0.4, -0.2) is 27.8 Å². The fraction of sp³-hybridized carbons (Fsp3) is 0.562. The average molecular weight is 336 g/mol. The molecule has 2 heterocycles. The number of carbonyl (C=O) groups excluding carboxylic acids is 1. The van der Waals surface area contributed by atoms with Crippen LogP contribution in [0.1, 0.15) is 48.9 Å². The molecule has 1 aliphatic carbocycles. The van der Waals surface area contributed by atoms with Crippen LogP contribution < -0.4 is 0 Å². The van der Waals surface area contributed by atoms with Crippen molar-refractivity contribution in [2.24, 2.45) is 0 Å². The first-order chi connectivity index (χ1) is 10.5. The van der Waals surface area contributed by atoms with Gasteiger partial charge in [0.15, 0.2) is 0 Å². The van der Waals surface area contributed by atoms with Gasteiger partial charge in [0.1, 0.15) is 15.7 Å². The van der Waals surface area contributed by atoms with Crippen molar-refractivity contribution in [3.63, 3.8) is 0 Å². The van der Waals surface area contributed by atoms with Crippen molar-refractivity contribution in [3.05, 3.63) is 16.3 Å². The maximum atomic E-state index is 11.8. The van der Waals surface area contributed by atoms with Crippen LogP contribution in [0.25, 0.3) is 10.2 Å². The van der Waals surface area contributed by atoms with Crippen molar-refractivity contribution in [2.75, 3.05) is 5.75 Å². The summed E-state index contributed by atoms with van der Waals surface area (Å²) >= 11 is 3.18. The minimum absolute atomic E-state index is 0.0781. The lowest BCUT2D eigenvalue weighted by Crippen LogP contribution is -2.13. The van der Waals surface area contributed by atoms with E-state index in [9.17, 15) is 4.79 Å². The monoisotopic (exact) mass is 336 g/mol. The Balaban J connectivity index is 1.90. The van der Waals surface area contributed by atoms with Crippen molar-refractivity contribution in [1.29, 1.82) is 0 Å². The van der Waals surface area contributed by atoms with Crippen molar-refractivity contribution >= 4 is 39.3 Å². The van der Waals surface area contributed by atoms with Gasteiger partial charge in [-0.25, -0.2) is 9.97 Å². The van der Waals surface area contributed by atoms with Gasteiger partial charge in [0.25, 0.3) is 0 Å². The van der Waals surface area contributed by atoms with E-state index in [1.54, 1.807) is 11.3 Å². The van der Waals surface area contributed by atoms with Gasteiger partial charge in [0, 0.05) is 16.2 Å². The van der Waals surface area contributed by atoms with Crippen molar-refractivity contribution < 1.29 is 9.53 Å². The molecule has 0 aliphatic heterocycles. The predicted molar refractivity (Wildman–Crippen MR) is 90.8 cm³/mol. The highest BCUT2D eigenvalue weighted by Crippen LogP contribution is 2.42. The SMILES string of the molecule is Cc1sc2nc(C3CC3)nc(SCC(=O)OC(C)C)c2c1C. The average Bonchev–Trinajstić information content (AvgIpc) is 3.23. The first kappa shape index (κ1) is 15.7. The van der Waals surface area contributed by atoms with E-state index in [4.69, 9.17) is 14.7 Å². The van der Waals surface area contributed by atoms with E-state index in [2.05, 4.69) is 13.8 Å². The minimum atomic E-state index is -0.190. The zero-order chi connectivity index (χ0) is 15.9. The Morgan fingerprint density at radius 3 is 2.73 bits per heavy atom. The molecular weight excluding hydrogens is 316 g/mol. The van der Waals surface area contributed by atoms with E-state index in [1.165, 1.54) is 35.0 Å². The van der Waals surface area contributed by atoms with Crippen LogP contribution in [0.2, 0.25) is 0 Å². The number of carbonyl (C=O) groups is 1. The zero-order valence-corrected chi connectivity index (χ0v) is 14.9. The molecule has 0 bridgehead atoms. The molecule has 6 heteroatoms. The molecule has 3 rings (SSSR count). The Bertz CT molecular complexity index is 720. The van der Waals surface area contributed by atoms with E-state index < -0.39 is 0 Å². The Morgan fingerprint density at radius 1 is 1.36 bits per heavy atom. The van der Waals surface area contributed by atoms with Crippen LogP contribution in [0.4, 0.5) is 0 Å². The number of thiophene rings is 1. The van der Waals surface area contributed by atoms with E-state index in [1.807, 2.05) is 13.8 Å². The fourth-order valence-corrected chi connectivity index (χ4v) is 4.26. The standard InChI is InChI=1S/C16H20N2O2S2/c1-8(2)20-12(19)7-21-15-13-9(3)10(4)22-16(13)18-14(17-15)11-5-6-11/h8,11H,5-7H2,1-4H3. The molecule has 0 aromatic carbocycles. The van der Waals surface area contributed by atoms with Crippen molar-refractivity contribution in [3.8, 4) is 0 Å². The normalized spacial score (nSPS) is 14.8. The molecule has 1 saturated carbocycles. The molecule has 0 radical (unpaired) electrons. The Hall–Kier alpha value is -1.14. The molecule has 118 valence electrons. The second-order valence-electron chi connectivity index (χ2n) is 5.95. The summed E-state index contributed by atoms with van der Waals surface area (Å²) in [6, 6.07) is 0. The van der Waals surface area contributed by atoms with Gasteiger partial charge in [0.05, 0.1) is 11.9 Å². The van der Waals surface area contributed by atoms with Crippen LogP contribution in [0.3, 0.4) is 0 Å². The summed E-state index contributed by atoms with van der Waals surface area (Å²) in [7, 11) is 0. The molecule has 0 unspecified atom stereocenters. The number of aryl methyl sites for hydroxylation is 2. The first-order valence-electron chi connectivity index (χ1n) is 7.55. The summed E-state index contributed by atoms with van der Waals surface area (Å²) in [4.78, 5) is 23.6. The minimum Gasteiger partial charge on any atom is -0.462 e. The Labute approximate surface area is 138 Å². The van der Waals surface area contributed by atoms with Crippen molar-refractivity contribution in [2.45, 2.75) is 57.6 Å². The summed E-state index contributed by atoms with van der Waals surface area (Å²) < 4.78 is 5.21. The third-order valence-electron chi connectivity index (χ3n) is 3.65. The molecule has 2 aromatic heterocycles.